The van der Waals surface area contributed by atoms with Crippen LogP contribution in [-0.2, 0) is 9.84 Å². The minimum absolute atomic E-state index is 0.0509. The van der Waals surface area contributed by atoms with Gasteiger partial charge in [-0.15, -0.1) is 0 Å². The molecule has 0 aliphatic heterocycles. The topological polar surface area (TPSA) is 63.2 Å². The molecule has 1 amide bonds. The van der Waals surface area contributed by atoms with Crippen LogP contribution in [-0.4, -0.2) is 31.9 Å². The molecule has 1 fully saturated rings. The lowest BCUT2D eigenvalue weighted by Crippen LogP contribution is -2.42. The second-order valence-corrected chi connectivity index (χ2v) is 8.38. The van der Waals surface area contributed by atoms with Gasteiger partial charge in [-0.3, -0.25) is 4.79 Å². The van der Waals surface area contributed by atoms with E-state index in [0.717, 1.165) is 24.0 Å². The maximum absolute atomic E-state index is 12.5. The molecule has 0 radical (unpaired) electrons. The summed E-state index contributed by atoms with van der Waals surface area (Å²) in [5.41, 5.74) is 2.60. The third kappa shape index (κ3) is 3.84. The summed E-state index contributed by atoms with van der Waals surface area (Å²) < 4.78 is 23.4. The van der Waals surface area contributed by atoms with Crippen LogP contribution in [0.25, 0.3) is 0 Å². The van der Waals surface area contributed by atoms with Crippen molar-refractivity contribution in [3.63, 3.8) is 0 Å². The van der Waals surface area contributed by atoms with Crippen LogP contribution < -0.4 is 5.32 Å². The smallest absolute Gasteiger partial charge is 0.252 e. The fraction of sp³-hybridized carbons (Fsp3) is 0.562. The largest absolute Gasteiger partial charge is 0.349 e. The van der Waals surface area contributed by atoms with Crippen molar-refractivity contribution < 1.29 is 13.2 Å². The van der Waals surface area contributed by atoms with Gasteiger partial charge >= 0.3 is 0 Å². The molecule has 4 nitrogen and oxygen atoms in total. The number of carbonyl (C=O) groups is 1. The Kier molecular flexibility index (Phi) is 4.71. The lowest BCUT2D eigenvalue weighted by Gasteiger charge is -2.29. The van der Waals surface area contributed by atoms with Crippen LogP contribution in [0.3, 0.4) is 0 Å². The van der Waals surface area contributed by atoms with Crippen LogP contribution in [0.1, 0.15) is 47.2 Å². The summed E-state index contributed by atoms with van der Waals surface area (Å²) >= 11 is 0. The van der Waals surface area contributed by atoms with Crippen molar-refractivity contribution in [1.29, 1.82) is 0 Å². The molecule has 0 aromatic heterocycles. The molecule has 1 aliphatic rings. The highest BCUT2D eigenvalue weighted by Gasteiger charge is 2.30. The van der Waals surface area contributed by atoms with E-state index in [2.05, 4.69) is 5.32 Å². The molecule has 1 aromatic carbocycles. The van der Waals surface area contributed by atoms with Crippen LogP contribution in [0.5, 0.6) is 0 Å². The Morgan fingerprint density at radius 1 is 1.19 bits per heavy atom. The molecule has 1 aliphatic carbocycles. The number of aryl methyl sites for hydroxylation is 2. The van der Waals surface area contributed by atoms with E-state index in [0.29, 0.717) is 18.4 Å². The summed E-state index contributed by atoms with van der Waals surface area (Å²) in [5, 5.41) is 2.69. The van der Waals surface area contributed by atoms with Gasteiger partial charge in [0.1, 0.15) is 9.84 Å². The van der Waals surface area contributed by atoms with Crippen LogP contribution in [0.15, 0.2) is 18.2 Å². The molecule has 0 bridgehead atoms. The Balaban J connectivity index is 2.10. The Morgan fingerprint density at radius 3 is 2.38 bits per heavy atom. The SMILES string of the molecule is Cc1cccc(C)c1C(=O)N[C@@H]1CCC[C@H](S(C)(=O)=O)C1. The third-order valence-electron chi connectivity index (χ3n) is 4.27. The Hall–Kier alpha value is -1.36. The number of nitrogens with one attached hydrogen (secondary N) is 1. The van der Waals surface area contributed by atoms with Gasteiger partial charge in [-0.1, -0.05) is 24.6 Å². The molecule has 116 valence electrons. The number of rotatable bonds is 3. The highest BCUT2D eigenvalue weighted by molar-refractivity contribution is 7.91. The molecule has 1 aromatic rings. The number of amides is 1. The number of hydrogen-bond acceptors (Lipinski definition) is 3. The van der Waals surface area contributed by atoms with Crippen molar-refractivity contribution in [2.24, 2.45) is 0 Å². The van der Waals surface area contributed by atoms with Crippen LogP contribution in [0, 0.1) is 13.8 Å². The first kappa shape index (κ1) is 16.0. The van der Waals surface area contributed by atoms with Gasteiger partial charge in [0.25, 0.3) is 5.91 Å². The van der Waals surface area contributed by atoms with Crippen molar-refractivity contribution >= 4 is 15.7 Å². The van der Waals surface area contributed by atoms with E-state index >= 15 is 0 Å². The third-order valence-corrected chi connectivity index (χ3v) is 5.91. The van der Waals surface area contributed by atoms with E-state index in [-0.39, 0.29) is 17.2 Å². The number of benzene rings is 1. The van der Waals surface area contributed by atoms with E-state index in [1.165, 1.54) is 6.26 Å². The summed E-state index contributed by atoms with van der Waals surface area (Å²) in [6.45, 7) is 3.84. The molecule has 2 rings (SSSR count). The van der Waals surface area contributed by atoms with Gasteiger partial charge in [0, 0.05) is 17.9 Å². The quantitative estimate of drug-likeness (QED) is 0.932. The zero-order valence-electron chi connectivity index (χ0n) is 12.8. The number of sulfone groups is 1. The van der Waals surface area contributed by atoms with Crippen molar-refractivity contribution in [3.8, 4) is 0 Å². The summed E-state index contributed by atoms with van der Waals surface area (Å²) in [4.78, 5) is 12.5. The minimum Gasteiger partial charge on any atom is -0.349 e. The summed E-state index contributed by atoms with van der Waals surface area (Å²) in [7, 11) is -3.03. The van der Waals surface area contributed by atoms with Gasteiger partial charge in [0.05, 0.1) is 5.25 Å². The van der Waals surface area contributed by atoms with E-state index in [1.54, 1.807) is 0 Å². The Bertz CT molecular complexity index is 617. The molecule has 21 heavy (non-hydrogen) atoms. The minimum atomic E-state index is -3.03. The molecule has 1 saturated carbocycles. The molecular formula is C16H23NO3S. The van der Waals surface area contributed by atoms with Crippen LogP contribution in [0.2, 0.25) is 0 Å². The van der Waals surface area contributed by atoms with Gasteiger partial charge in [0.15, 0.2) is 0 Å². The van der Waals surface area contributed by atoms with E-state index < -0.39 is 9.84 Å². The molecular weight excluding hydrogens is 286 g/mol. The standard InChI is InChI=1S/C16H23NO3S/c1-11-6-4-7-12(2)15(11)16(18)17-13-8-5-9-14(10-13)21(3,19)20/h4,6-7,13-14H,5,8-10H2,1-3H3,(H,17,18)/t13-,14+/m1/s1. The summed E-state index contributed by atoms with van der Waals surface area (Å²) in [6, 6.07) is 5.72. The fourth-order valence-electron chi connectivity index (χ4n) is 3.10. The van der Waals surface area contributed by atoms with Gasteiger partial charge in [-0.2, -0.15) is 0 Å². The predicted octanol–water partition coefficient (Wildman–Crippen LogP) is 2.39. The van der Waals surface area contributed by atoms with Gasteiger partial charge < -0.3 is 5.32 Å². The van der Waals surface area contributed by atoms with Gasteiger partial charge in [-0.25, -0.2) is 8.42 Å². The Morgan fingerprint density at radius 2 is 1.81 bits per heavy atom. The first-order valence-corrected chi connectivity index (χ1v) is 9.30. The maximum atomic E-state index is 12.5. The van der Waals surface area contributed by atoms with E-state index in [4.69, 9.17) is 0 Å². The molecule has 0 unspecified atom stereocenters. The van der Waals surface area contributed by atoms with Crippen molar-refractivity contribution in [3.05, 3.63) is 34.9 Å². The average molecular weight is 309 g/mol. The molecule has 0 saturated heterocycles. The van der Waals surface area contributed by atoms with Crippen molar-refractivity contribution in [2.45, 2.75) is 50.8 Å². The Labute approximate surface area is 126 Å². The summed E-state index contributed by atoms with van der Waals surface area (Å²) in [5.74, 6) is -0.0928. The van der Waals surface area contributed by atoms with E-state index in [1.807, 2.05) is 32.0 Å². The highest BCUT2D eigenvalue weighted by Crippen LogP contribution is 2.24. The molecule has 1 N–H and O–H groups in total. The number of hydrogen-bond donors (Lipinski definition) is 1. The van der Waals surface area contributed by atoms with Gasteiger partial charge in [0.2, 0.25) is 0 Å². The monoisotopic (exact) mass is 309 g/mol. The first-order valence-electron chi connectivity index (χ1n) is 7.35. The molecule has 0 spiro atoms. The number of carbonyl (C=O) groups excluding carboxylic acids is 1. The van der Waals surface area contributed by atoms with Gasteiger partial charge in [-0.05, 0) is 44.2 Å². The molecule has 0 heterocycles. The highest BCUT2D eigenvalue weighted by atomic mass is 32.2. The first-order chi connectivity index (χ1) is 9.79. The predicted molar refractivity (Wildman–Crippen MR) is 84.3 cm³/mol. The summed E-state index contributed by atoms with van der Waals surface area (Å²) in [6.07, 6.45) is 4.20. The zero-order chi connectivity index (χ0) is 15.6. The maximum Gasteiger partial charge on any atom is 0.252 e. The second-order valence-electron chi connectivity index (χ2n) is 6.06. The molecule has 5 heteroatoms. The fourth-order valence-corrected chi connectivity index (χ4v) is 4.27. The van der Waals surface area contributed by atoms with E-state index in [9.17, 15) is 13.2 Å². The second kappa shape index (κ2) is 6.18. The van der Waals surface area contributed by atoms with Crippen LogP contribution >= 0.6 is 0 Å². The van der Waals surface area contributed by atoms with Crippen LogP contribution in [0.4, 0.5) is 0 Å². The zero-order valence-corrected chi connectivity index (χ0v) is 13.7. The normalized spacial score (nSPS) is 22.8. The van der Waals surface area contributed by atoms with Crippen molar-refractivity contribution in [2.75, 3.05) is 6.26 Å². The lowest BCUT2D eigenvalue weighted by molar-refractivity contribution is 0.0926. The average Bonchev–Trinajstić information content (AvgIpc) is 2.37. The molecule has 2 atom stereocenters. The van der Waals surface area contributed by atoms with Crippen molar-refractivity contribution in [1.82, 2.24) is 5.32 Å². The lowest BCUT2D eigenvalue weighted by atomic mass is 9.94.